The lowest BCUT2D eigenvalue weighted by Crippen LogP contribution is -2.38. The van der Waals surface area contributed by atoms with Crippen molar-refractivity contribution in [3.8, 4) is 0 Å². The molecular weight excluding hydrogens is 370 g/mol. The Morgan fingerprint density at radius 2 is 2.04 bits per heavy atom. The number of hydrogen-bond donors (Lipinski definition) is 1. The Balaban J connectivity index is 1.40. The molecule has 1 aliphatic carbocycles. The van der Waals surface area contributed by atoms with E-state index in [1.807, 2.05) is 24.3 Å². The Morgan fingerprint density at radius 3 is 2.67 bits per heavy atom. The first kappa shape index (κ1) is 18.0. The van der Waals surface area contributed by atoms with Crippen LogP contribution in [-0.2, 0) is 26.2 Å². The van der Waals surface area contributed by atoms with Crippen LogP contribution in [0.15, 0.2) is 28.7 Å². The summed E-state index contributed by atoms with van der Waals surface area (Å²) in [5, 5.41) is 11.7. The fourth-order valence-electron chi connectivity index (χ4n) is 3.59. The molecule has 2 aliphatic rings. The molecule has 1 atom stereocenters. The number of aryl methyl sites for hydroxylation is 1. The number of rotatable bonds is 6. The van der Waals surface area contributed by atoms with Crippen LogP contribution in [0.2, 0.25) is 5.02 Å². The lowest BCUT2D eigenvalue weighted by molar-refractivity contribution is -0.141. The number of carbonyl (C=O) groups excluding carboxylic acids is 2. The third-order valence-corrected chi connectivity index (χ3v) is 5.57. The number of benzene rings is 1. The Kier molecular flexibility index (Phi) is 4.86. The lowest BCUT2D eigenvalue weighted by Gasteiger charge is -2.39. The summed E-state index contributed by atoms with van der Waals surface area (Å²) in [6.07, 6.45) is 4.01. The smallest absolute Gasteiger partial charge is 0.328 e. The number of nitrogens with zero attached hydrogens (tertiary/aromatic N) is 2. The summed E-state index contributed by atoms with van der Waals surface area (Å²) < 4.78 is 10.7. The predicted molar refractivity (Wildman–Crippen MR) is 96.2 cm³/mol. The van der Waals surface area contributed by atoms with E-state index in [2.05, 4.69) is 15.5 Å². The van der Waals surface area contributed by atoms with E-state index in [0.717, 1.165) is 24.8 Å². The summed E-state index contributed by atoms with van der Waals surface area (Å²) >= 11 is 6.00. The molecule has 27 heavy (non-hydrogen) atoms. The van der Waals surface area contributed by atoms with Gasteiger partial charge in [0.25, 0.3) is 0 Å². The van der Waals surface area contributed by atoms with E-state index in [9.17, 15) is 9.59 Å². The molecule has 1 aromatic heterocycles. The van der Waals surface area contributed by atoms with E-state index in [1.54, 1.807) is 0 Å². The average molecular weight is 390 g/mol. The first-order chi connectivity index (χ1) is 13.1. The monoisotopic (exact) mass is 389 g/mol. The van der Waals surface area contributed by atoms with Gasteiger partial charge in [-0.25, -0.2) is 4.79 Å². The van der Waals surface area contributed by atoms with Gasteiger partial charge in [0, 0.05) is 24.3 Å². The zero-order valence-corrected chi connectivity index (χ0v) is 15.5. The van der Waals surface area contributed by atoms with Gasteiger partial charge in [-0.3, -0.25) is 4.79 Å². The van der Waals surface area contributed by atoms with Crippen LogP contribution in [0.5, 0.6) is 0 Å². The Bertz CT molecular complexity index is 845. The lowest BCUT2D eigenvalue weighted by atomic mass is 9.64. The summed E-state index contributed by atoms with van der Waals surface area (Å²) in [6, 6.07) is 7.19. The molecule has 1 unspecified atom stereocenters. The van der Waals surface area contributed by atoms with Gasteiger partial charge in [0.2, 0.25) is 17.7 Å². The minimum absolute atomic E-state index is 0.180. The third-order valence-electron chi connectivity index (χ3n) is 5.32. The van der Waals surface area contributed by atoms with Crippen LogP contribution >= 0.6 is 11.6 Å². The Morgan fingerprint density at radius 1 is 1.26 bits per heavy atom. The van der Waals surface area contributed by atoms with Gasteiger partial charge in [0.1, 0.15) is 6.04 Å². The number of cyclic esters (lactones) is 1. The van der Waals surface area contributed by atoms with Gasteiger partial charge < -0.3 is 14.5 Å². The van der Waals surface area contributed by atoms with E-state index in [0.29, 0.717) is 36.3 Å². The molecule has 2 fully saturated rings. The standard InChI is InChI=1S/C19H20ClN3O4/c20-13-4-2-12(3-5-13)19(9-1-10-19)18-23-22-16(27-18)7-6-15(24)21-14-8-11-26-17(14)25/h2-5,14H,1,6-11H2,(H,21,24). The minimum atomic E-state index is -0.543. The number of aromatic nitrogens is 2. The van der Waals surface area contributed by atoms with Gasteiger partial charge >= 0.3 is 5.97 Å². The number of carbonyl (C=O) groups is 2. The van der Waals surface area contributed by atoms with Gasteiger partial charge in [-0.05, 0) is 30.5 Å². The van der Waals surface area contributed by atoms with E-state index >= 15 is 0 Å². The van der Waals surface area contributed by atoms with Crippen LogP contribution in [0, 0.1) is 0 Å². The molecule has 1 saturated heterocycles. The summed E-state index contributed by atoms with van der Waals surface area (Å²) in [7, 11) is 0. The van der Waals surface area contributed by atoms with E-state index in [-0.39, 0.29) is 23.7 Å². The average Bonchev–Trinajstić information content (AvgIpc) is 3.24. The van der Waals surface area contributed by atoms with Crippen molar-refractivity contribution >= 4 is 23.5 Å². The van der Waals surface area contributed by atoms with Gasteiger partial charge in [0.05, 0.1) is 12.0 Å². The van der Waals surface area contributed by atoms with Crippen molar-refractivity contribution in [3.05, 3.63) is 46.6 Å². The molecule has 1 N–H and O–H groups in total. The van der Waals surface area contributed by atoms with Gasteiger partial charge in [0.15, 0.2) is 0 Å². The molecule has 4 rings (SSSR count). The summed E-state index contributed by atoms with van der Waals surface area (Å²) in [6.45, 7) is 0.351. The van der Waals surface area contributed by atoms with Crippen LogP contribution in [0.3, 0.4) is 0 Å². The first-order valence-corrected chi connectivity index (χ1v) is 9.49. The van der Waals surface area contributed by atoms with E-state index in [1.165, 1.54) is 0 Å². The van der Waals surface area contributed by atoms with Crippen molar-refractivity contribution < 1.29 is 18.7 Å². The fraction of sp³-hybridized carbons (Fsp3) is 0.474. The molecule has 2 aromatic rings. The molecule has 7 nitrogen and oxygen atoms in total. The topological polar surface area (TPSA) is 94.3 Å². The highest BCUT2D eigenvalue weighted by Crippen LogP contribution is 2.48. The number of hydrogen-bond acceptors (Lipinski definition) is 6. The highest BCUT2D eigenvalue weighted by Gasteiger charge is 2.45. The Hall–Kier alpha value is -2.41. The second kappa shape index (κ2) is 7.31. The number of ether oxygens (including phenoxy) is 1. The highest BCUT2D eigenvalue weighted by atomic mass is 35.5. The molecule has 142 valence electrons. The van der Waals surface area contributed by atoms with Crippen LogP contribution in [0.25, 0.3) is 0 Å². The van der Waals surface area contributed by atoms with Crippen molar-refractivity contribution in [2.45, 2.75) is 50.0 Å². The quantitative estimate of drug-likeness (QED) is 0.763. The van der Waals surface area contributed by atoms with Crippen LogP contribution in [0.4, 0.5) is 0 Å². The molecule has 1 amide bonds. The molecule has 2 heterocycles. The van der Waals surface area contributed by atoms with Crippen molar-refractivity contribution in [1.82, 2.24) is 15.5 Å². The van der Waals surface area contributed by atoms with Gasteiger partial charge in [-0.2, -0.15) is 0 Å². The molecule has 1 saturated carbocycles. The normalized spacial score (nSPS) is 20.8. The fourth-order valence-corrected chi connectivity index (χ4v) is 3.71. The number of amides is 1. The second-order valence-electron chi connectivity index (χ2n) is 7.02. The van der Waals surface area contributed by atoms with Crippen LogP contribution in [-0.4, -0.2) is 34.7 Å². The van der Waals surface area contributed by atoms with Gasteiger partial charge in [-0.1, -0.05) is 30.2 Å². The zero-order chi connectivity index (χ0) is 18.9. The Labute approximate surface area is 161 Å². The van der Waals surface area contributed by atoms with E-state index in [4.69, 9.17) is 20.8 Å². The summed E-state index contributed by atoms with van der Waals surface area (Å²) in [5.41, 5.74) is 0.858. The van der Waals surface area contributed by atoms with Crippen molar-refractivity contribution in [2.75, 3.05) is 6.61 Å². The molecule has 8 heteroatoms. The molecule has 1 aromatic carbocycles. The van der Waals surface area contributed by atoms with E-state index < -0.39 is 6.04 Å². The summed E-state index contributed by atoms with van der Waals surface area (Å²) in [5.74, 6) is 0.410. The molecule has 0 radical (unpaired) electrons. The maximum Gasteiger partial charge on any atom is 0.328 e. The molecule has 0 spiro atoms. The summed E-state index contributed by atoms with van der Waals surface area (Å²) in [4.78, 5) is 23.4. The number of halogens is 1. The largest absolute Gasteiger partial charge is 0.464 e. The van der Waals surface area contributed by atoms with Crippen molar-refractivity contribution in [2.24, 2.45) is 0 Å². The van der Waals surface area contributed by atoms with Crippen molar-refractivity contribution in [3.63, 3.8) is 0 Å². The maximum absolute atomic E-state index is 12.0. The molecular formula is C19H20ClN3O4. The first-order valence-electron chi connectivity index (χ1n) is 9.12. The maximum atomic E-state index is 12.0. The van der Waals surface area contributed by atoms with Crippen molar-refractivity contribution in [1.29, 1.82) is 0 Å². The minimum Gasteiger partial charge on any atom is -0.464 e. The highest BCUT2D eigenvalue weighted by molar-refractivity contribution is 6.30. The SMILES string of the molecule is O=C(CCc1nnc(C2(c3ccc(Cl)cc3)CCC2)o1)NC1CCOC1=O. The number of nitrogens with one attached hydrogen (secondary N) is 1. The number of esters is 1. The third kappa shape index (κ3) is 3.56. The van der Waals surface area contributed by atoms with Gasteiger partial charge in [-0.15, -0.1) is 10.2 Å². The molecule has 0 bridgehead atoms. The zero-order valence-electron chi connectivity index (χ0n) is 14.7. The molecule has 1 aliphatic heterocycles. The van der Waals surface area contributed by atoms with Crippen LogP contribution < -0.4 is 5.32 Å². The van der Waals surface area contributed by atoms with Crippen LogP contribution in [0.1, 0.15) is 49.4 Å². The predicted octanol–water partition coefficient (Wildman–Crippen LogP) is 2.56. The second-order valence-corrected chi connectivity index (χ2v) is 7.46.